The molecule has 39 heavy (non-hydrogen) atoms. The van der Waals surface area contributed by atoms with Crippen LogP contribution in [0.5, 0.6) is 0 Å². The van der Waals surface area contributed by atoms with Crippen molar-refractivity contribution < 1.29 is 4.79 Å². The van der Waals surface area contributed by atoms with Crippen molar-refractivity contribution in [2.75, 3.05) is 6.54 Å². The van der Waals surface area contributed by atoms with E-state index in [4.69, 9.17) is 28.2 Å². The van der Waals surface area contributed by atoms with E-state index in [1.807, 2.05) is 17.2 Å². The van der Waals surface area contributed by atoms with Crippen molar-refractivity contribution in [3.8, 4) is 11.4 Å². The third-order valence-electron chi connectivity index (χ3n) is 8.30. The molecule has 200 valence electrons. The monoisotopic (exact) mass is 557 g/mol. The summed E-state index contributed by atoms with van der Waals surface area (Å²) in [6, 6.07) is 24.4. The molecule has 0 bridgehead atoms. The number of imidazole rings is 1. The molecule has 4 aromatic rings. The average Bonchev–Trinajstić information content (AvgIpc) is 3.58. The maximum absolute atomic E-state index is 14.0. The number of fused-ring (bicyclic) bond motifs is 1. The van der Waals surface area contributed by atoms with Gasteiger partial charge in [-0.2, -0.15) is 0 Å². The van der Waals surface area contributed by atoms with Gasteiger partial charge in [-0.25, -0.2) is 4.98 Å². The highest BCUT2D eigenvalue weighted by Gasteiger charge is 2.30. The van der Waals surface area contributed by atoms with Crippen molar-refractivity contribution in [3.05, 3.63) is 111 Å². The Balaban J connectivity index is 1.38. The lowest BCUT2D eigenvalue weighted by atomic mass is 9.89. The first-order chi connectivity index (χ1) is 19.1. The lowest BCUT2D eigenvalue weighted by Gasteiger charge is -2.31. The smallest absolute Gasteiger partial charge is 0.255 e. The van der Waals surface area contributed by atoms with Crippen molar-refractivity contribution in [1.82, 2.24) is 14.5 Å². The molecule has 0 unspecified atom stereocenters. The van der Waals surface area contributed by atoms with E-state index in [1.54, 1.807) is 18.2 Å². The highest BCUT2D eigenvalue weighted by molar-refractivity contribution is 6.35. The van der Waals surface area contributed by atoms with Gasteiger partial charge in [-0.05, 0) is 60.9 Å². The van der Waals surface area contributed by atoms with Crippen LogP contribution in [0.1, 0.15) is 65.3 Å². The summed E-state index contributed by atoms with van der Waals surface area (Å²) in [6.45, 7) is 1.18. The van der Waals surface area contributed by atoms with Crippen molar-refractivity contribution in [3.63, 3.8) is 0 Å². The van der Waals surface area contributed by atoms with Crippen LogP contribution in [0.15, 0.2) is 79.0 Å². The largest absolute Gasteiger partial charge is 0.332 e. The van der Waals surface area contributed by atoms with E-state index in [1.165, 1.54) is 30.4 Å². The van der Waals surface area contributed by atoms with Gasteiger partial charge in [0.15, 0.2) is 0 Å². The van der Waals surface area contributed by atoms with Crippen LogP contribution in [0.25, 0.3) is 11.4 Å². The second kappa shape index (κ2) is 11.6. The van der Waals surface area contributed by atoms with Gasteiger partial charge in [0.1, 0.15) is 5.82 Å². The normalized spacial score (nSPS) is 15.8. The lowest BCUT2D eigenvalue weighted by Crippen LogP contribution is -2.36. The SMILES string of the molecule is O=C(c1cc(Cl)ccc1Cl)N(Cc1cnc(-c2ccccc2)n1C1Cc2ccccc2C1)CC1CCCCC1. The van der Waals surface area contributed by atoms with Crippen LogP contribution >= 0.6 is 23.2 Å². The molecule has 1 fully saturated rings. The molecule has 0 radical (unpaired) electrons. The maximum Gasteiger partial charge on any atom is 0.255 e. The first-order valence-electron chi connectivity index (χ1n) is 14.0. The van der Waals surface area contributed by atoms with E-state index < -0.39 is 0 Å². The quantitative estimate of drug-likeness (QED) is 0.228. The summed E-state index contributed by atoms with van der Waals surface area (Å²) in [5.74, 6) is 1.37. The number of hydrogen-bond donors (Lipinski definition) is 0. The minimum absolute atomic E-state index is 0.0724. The zero-order valence-electron chi connectivity index (χ0n) is 22.0. The molecular formula is C33H33Cl2N3O. The van der Waals surface area contributed by atoms with Crippen LogP contribution in [-0.2, 0) is 19.4 Å². The van der Waals surface area contributed by atoms with Gasteiger partial charge >= 0.3 is 0 Å². The Bertz CT molecular complexity index is 1430. The van der Waals surface area contributed by atoms with Gasteiger partial charge in [0.05, 0.1) is 29.0 Å². The highest BCUT2D eigenvalue weighted by Crippen LogP contribution is 2.36. The minimum atomic E-state index is -0.0724. The summed E-state index contributed by atoms with van der Waals surface area (Å²) < 4.78 is 2.38. The fourth-order valence-corrected chi connectivity index (χ4v) is 6.74. The maximum atomic E-state index is 14.0. The van der Waals surface area contributed by atoms with E-state index in [2.05, 4.69) is 53.1 Å². The first-order valence-corrected chi connectivity index (χ1v) is 14.7. The number of amides is 1. The number of aromatic nitrogens is 2. The van der Waals surface area contributed by atoms with Crippen molar-refractivity contribution in [1.29, 1.82) is 0 Å². The Labute approximate surface area is 240 Å². The van der Waals surface area contributed by atoms with Gasteiger partial charge in [-0.3, -0.25) is 4.79 Å². The zero-order valence-corrected chi connectivity index (χ0v) is 23.5. The van der Waals surface area contributed by atoms with E-state index in [0.717, 1.165) is 42.8 Å². The minimum Gasteiger partial charge on any atom is -0.332 e. The predicted octanol–water partition coefficient (Wildman–Crippen LogP) is 8.42. The van der Waals surface area contributed by atoms with Gasteiger partial charge < -0.3 is 9.47 Å². The van der Waals surface area contributed by atoms with Gasteiger partial charge in [0.25, 0.3) is 5.91 Å². The van der Waals surface area contributed by atoms with Crippen molar-refractivity contribution >= 4 is 29.1 Å². The topological polar surface area (TPSA) is 38.1 Å². The molecule has 0 saturated heterocycles. The third kappa shape index (κ3) is 5.64. The molecule has 3 aromatic carbocycles. The van der Waals surface area contributed by atoms with Gasteiger partial charge in [-0.1, -0.05) is 97.1 Å². The Hall–Kier alpha value is -3.08. The van der Waals surface area contributed by atoms with E-state index in [9.17, 15) is 4.79 Å². The summed E-state index contributed by atoms with van der Waals surface area (Å²) in [4.78, 5) is 21.0. The number of benzene rings is 3. The molecule has 2 aliphatic carbocycles. The number of rotatable bonds is 7. The Morgan fingerprint density at radius 3 is 2.31 bits per heavy atom. The Kier molecular flexibility index (Phi) is 7.76. The molecule has 0 N–H and O–H groups in total. The lowest BCUT2D eigenvalue weighted by molar-refractivity contribution is 0.0694. The molecular weight excluding hydrogens is 525 g/mol. The van der Waals surface area contributed by atoms with Crippen molar-refractivity contribution in [2.45, 2.75) is 57.5 Å². The highest BCUT2D eigenvalue weighted by atomic mass is 35.5. The summed E-state index contributed by atoms with van der Waals surface area (Å²) in [5, 5.41) is 0.947. The van der Waals surface area contributed by atoms with Crippen LogP contribution in [0.4, 0.5) is 0 Å². The second-order valence-electron chi connectivity index (χ2n) is 11.0. The molecule has 6 rings (SSSR count). The average molecular weight is 559 g/mol. The van der Waals surface area contributed by atoms with Gasteiger partial charge in [0.2, 0.25) is 0 Å². The molecule has 2 aliphatic rings. The summed E-state index contributed by atoms with van der Waals surface area (Å²) in [6.07, 6.45) is 9.90. The third-order valence-corrected chi connectivity index (χ3v) is 8.87. The second-order valence-corrected chi connectivity index (χ2v) is 11.8. The van der Waals surface area contributed by atoms with Crippen LogP contribution in [0, 0.1) is 5.92 Å². The summed E-state index contributed by atoms with van der Waals surface area (Å²) in [5.41, 5.74) is 5.38. The molecule has 1 aromatic heterocycles. The predicted molar refractivity (Wildman–Crippen MR) is 158 cm³/mol. The molecule has 4 nitrogen and oxygen atoms in total. The standard InChI is InChI=1S/C33H33Cl2N3O/c34-27-15-16-31(35)30(19-27)33(39)37(21-23-9-3-1-4-10-23)22-29-20-36-32(24-11-5-2-6-12-24)38(29)28-17-25-13-7-8-14-26(25)18-28/h2,5-8,11-16,19-20,23,28H,1,3-4,9-10,17-18,21-22H2. The van der Waals surface area contributed by atoms with Gasteiger partial charge in [0, 0.05) is 23.2 Å². The fourth-order valence-electron chi connectivity index (χ4n) is 6.37. The fraction of sp³-hybridized carbons (Fsp3) is 0.333. The number of hydrogen-bond acceptors (Lipinski definition) is 2. The first kappa shape index (κ1) is 26.2. The van der Waals surface area contributed by atoms with Gasteiger partial charge in [-0.15, -0.1) is 0 Å². The Morgan fingerprint density at radius 2 is 1.59 bits per heavy atom. The molecule has 6 heteroatoms. The summed E-state index contributed by atoms with van der Waals surface area (Å²) >= 11 is 12.8. The molecule has 0 aliphatic heterocycles. The van der Waals surface area contributed by atoms with Crippen LogP contribution in [0.3, 0.4) is 0 Å². The van der Waals surface area contributed by atoms with Crippen LogP contribution < -0.4 is 0 Å². The molecule has 0 spiro atoms. The molecule has 1 amide bonds. The molecule has 1 saturated carbocycles. The summed E-state index contributed by atoms with van der Waals surface area (Å²) in [7, 11) is 0. The zero-order chi connectivity index (χ0) is 26.8. The number of carbonyl (C=O) groups is 1. The Morgan fingerprint density at radius 1 is 0.897 bits per heavy atom. The van der Waals surface area contributed by atoms with Crippen LogP contribution in [0.2, 0.25) is 10.0 Å². The van der Waals surface area contributed by atoms with E-state index >= 15 is 0 Å². The van der Waals surface area contributed by atoms with Crippen molar-refractivity contribution in [2.24, 2.45) is 5.92 Å². The molecule has 1 heterocycles. The van der Waals surface area contributed by atoms with E-state index in [0.29, 0.717) is 34.6 Å². The van der Waals surface area contributed by atoms with E-state index in [-0.39, 0.29) is 11.9 Å². The number of nitrogens with zero attached hydrogens (tertiary/aromatic N) is 3. The number of halogens is 2. The molecule has 0 atom stereocenters. The number of carbonyl (C=O) groups excluding carboxylic acids is 1. The van der Waals surface area contributed by atoms with Crippen LogP contribution in [-0.4, -0.2) is 26.9 Å².